The van der Waals surface area contributed by atoms with Crippen LogP contribution in [0.1, 0.15) is 38.3 Å². The van der Waals surface area contributed by atoms with Crippen molar-refractivity contribution in [2.75, 3.05) is 17.1 Å². The minimum absolute atomic E-state index is 0.0219. The average Bonchev–Trinajstić information content (AvgIpc) is 3.20. The normalized spacial score (nSPS) is 18.1. The Bertz CT molecular complexity index is 1310. The average molecular weight is 514 g/mol. The highest BCUT2D eigenvalue weighted by atomic mass is 32.2. The van der Waals surface area contributed by atoms with E-state index in [2.05, 4.69) is 28.5 Å². The lowest BCUT2D eigenvalue weighted by molar-refractivity contribution is 0.321. The fraction of sp³-hybridized carbons (Fsp3) is 0.346. The summed E-state index contributed by atoms with van der Waals surface area (Å²) in [5.41, 5.74) is 2.87. The molecule has 0 amide bonds. The van der Waals surface area contributed by atoms with Gasteiger partial charge in [0.2, 0.25) is 0 Å². The van der Waals surface area contributed by atoms with E-state index in [4.69, 9.17) is 4.74 Å². The van der Waals surface area contributed by atoms with Crippen LogP contribution in [0, 0.1) is 18.8 Å². The van der Waals surface area contributed by atoms with Crippen molar-refractivity contribution in [2.45, 2.75) is 44.4 Å². The van der Waals surface area contributed by atoms with Crippen molar-refractivity contribution in [2.24, 2.45) is 11.8 Å². The fourth-order valence-electron chi connectivity index (χ4n) is 4.33. The van der Waals surface area contributed by atoms with Crippen molar-refractivity contribution in [1.82, 2.24) is 4.98 Å². The summed E-state index contributed by atoms with van der Waals surface area (Å²) in [5, 5.41) is 13.6. The number of nitrogens with one attached hydrogen (secondary N) is 2. The molecule has 1 aliphatic carbocycles. The third kappa shape index (κ3) is 5.79. The largest absolute Gasteiger partial charge is 0.508 e. The number of aromatic nitrogens is 1. The topological polar surface area (TPSA) is 101 Å². The minimum atomic E-state index is -3.95. The van der Waals surface area contributed by atoms with E-state index >= 15 is 0 Å². The highest BCUT2D eigenvalue weighted by Crippen LogP contribution is 2.39. The number of thiazole rings is 1. The molecule has 0 radical (unpaired) electrons. The maximum absolute atomic E-state index is 13.2. The smallest absolute Gasteiger partial charge is 0.265 e. The standard InChI is InChI=1S/C26H31N3O4S2/c1-16-5-7-19(8-6-16)17(2)27-26-28-18(3)25(34-26)20-9-14-23(33-4)24(15-20)35(31,32)29-21-10-12-22(30)13-11-21/h9-16,19,29-30H,2,5-8H2,1,3-4H3,(H,27,28)/t16-,19-. The Labute approximate surface area is 210 Å². The quantitative estimate of drug-likeness (QED) is 0.302. The van der Waals surface area contributed by atoms with Crippen LogP contribution in [0.2, 0.25) is 0 Å². The molecule has 1 heterocycles. The summed E-state index contributed by atoms with van der Waals surface area (Å²) in [6.07, 6.45) is 4.71. The number of allylic oxidation sites excluding steroid dienone is 1. The molecule has 1 saturated carbocycles. The molecular formula is C26H31N3O4S2. The second-order valence-electron chi connectivity index (χ2n) is 9.06. The maximum atomic E-state index is 13.2. The number of aryl methyl sites for hydroxylation is 1. The monoisotopic (exact) mass is 513 g/mol. The summed E-state index contributed by atoms with van der Waals surface area (Å²) in [5.74, 6) is 1.51. The number of rotatable bonds is 8. The van der Waals surface area contributed by atoms with Crippen molar-refractivity contribution in [3.05, 3.63) is 60.4 Å². The predicted molar refractivity (Wildman–Crippen MR) is 142 cm³/mol. The molecule has 0 spiro atoms. The van der Waals surface area contributed by atoms with E-state index in [1.165, 1.54) is 55.6 Å². The summed E-state index contributed by atoms with van der Waals surface area (Å²) in [6.45, 7) is 8.47. The minimum Gasteiger partial charge on any atom is -0.508 e. The van der Waals surface area contributed by atoms with Crippen molar-refractivity contribution >= 4 is 32.2 Å². The van der Waals surface area contributed by atoms with Gasteiger partial charge in [-0.1, -0.05) is 37.7 Å². The molecule has 2 aromatic carbocycles. The van der Waals surface area contributed by atoms with Gasteiger partial charge in [0.25, 0.3) is 10.0 Å². The fourth-order valence-corrected chi connectivity index (χ4v) is 6.58. The van der Waals surface area contributed by atoms with Crippen LogP contribution >= 0.6 is 11.3 Å². The molecule has 1 fully saturated rings. The molecule has 35 heavy (non-hydrogen) atoms. The van der Waals surface area contributed by atoms with Crippen LogP contribution in [0.4, 0.5) is 10.8 Å². The van der Waals surface area contributed by atoms with Gasteiger partial charge in [0.1, 0.15) is 16.4 Å². The van der Waals surface area contributed by atoms with E-state index in [1.54, 1.807) is 12.1 Å². The number of nitrogens with zero attached hydrogens (tertiary/aromatic N) is 1. The first-order valence-corrected chi connectivity index (χ1v) is 13.9. The van der Waals surface area contributed by atoms with Gasteiger partial charge in [-0.05, 0) is 79.6 Å². The third-order valence-corrected chi connectivity index (χ3v) is 8.93. The van der Waals surface area contributed by atoms with Gasteiger partial charge in [-0.3, -0.25) is 4.72 Å². The lowest BCUT2D eigenvalue weighted by atomic mass is 9.82. The number of ether oxygens (including phenoxy) is 1. The third-order valence-electron chi connectivity index (χ3n) is 6.41. The maximum Gasteiger partial charge on any atom is 0.265 e. The van der Waals surface area contributed by atoms with Gasteiger partial charge in [-0.15, -0.1) is 0 Å². The summed E-state index contributed by atoms with van der Waals surface area (Å²) >= 11 is 1.48. The van der Waals surface area contributed by atoms with Gasteiger partial charge in [0, 0.05) is 11.4 Å². The second kappa shape index (κ2) is 10.3. The zero-order valence-corrected chi connectivity index (χ0v) is 21.8. The van der Waals surface area contributed by atoms with Gasteiger partial charge in [0.05, 0.1) is 17.7 Å². The number of methoxy groups -OCH3 is 1. The Morgan fingerprint density at radius 3 is 2.49 bits per heavy atom. The zero-order valence-electron chi connectivity index (χ0n) is 20.2. The highest BCUT2D eigenvalue weighted by Gasteiger charge is 2.24. The van der Waals surface area contributed by atoms with E-state index in [9.17, 15) is 13.5 Å². The van der Waals surface area contributed by atoms with Gasteiger partial charge in [-0.25, -0.2) is 13.4 Å². The molecular weight excluding hydrogens is 482 g/mol. The van der Waals surface area contributed by atoms with Gasteiger partial charge < -0.3 is 15.2 Å². The summed E-state index contributed by atoms with van der Waals surface area (Å²) < 4.78 is 34.3. The number of hydrogen-bond acceptors (Lipinski definition) is 7. The Morgan fingerprint density at radius 1 is 1.14 bits per heavy atom. The molecule has 9 heteroatoms. The first kappa shape index (κ1) is 25.1. The van der Waals surface area contributed by atoms with Gasteiger partial charge in [-0.2, -0.15) is 0 Å². The predicted octanol–water partition coefficient (Wildman–Crippen LogP) is 6.39. The summed E-state index contributed by atoms with van der Waals surface area (Å²) in [6, 6.07) is 10.9. The van der Waals surface area contributed by atoms with Gasteiger partial charge >= 0.3 is 0 Å². The molecule has 0 atom stereocenters. The SMILES string of the molecule is C=C(Nc1nc(C)c(-c2ccc(OC)c(S(=O)(=O)Nc3ccc(O)cc3)c2)s1)[C@H]1CC[C@H](C)CC1. The van der Waals surface area contributed by atoms with E-state index < -0.39 is 10.0 Å². The molecule has 0 aliphatic heterocycles. The van der Waals surface area contributed by atoms with Crippen molar-refractivity contribution < 1.29 is 18.3 Å². The lowest BCUT2D eigenvalue weighted by Gasteiger charge is -2.27. The molecule has 1 aromatic heterocycles. The molecule has 0 bridgehead atoms. The van der Waals surface area contributed by atoms with Crippen LogP contribution < -0.4 is 14.8 Å². The van der Waals surface area contributed by atoms with E-state index in [0.717, 1.165) is 45.7 Å². The molecule has 3 aromatic rings. The van der Waals surface area contributed by atoms with Crippen molar-refractivity contribution in [1.29, 1.82) is 0 Å². The van der Waals surface area contributed by atoms with Crippen molar-refractivity contribution in [3.63, 3.8) is 0 Å². The number of sulfonamides is 1. The first-order chi connectivity index (χ1) is 16.7. The van der Waals surface area contributed by atoms with Crippen LogP contribution in [-0.4, -0.2) is 25.6 Å². The first-order valence-electron chi connectivity index (χ1n) is 11.6. The molecule has 7 nitrogen and oxygen atoms in total. The molecule has 0 saturated heterocycles. The Hall–Kier alpha value is -3.04. The number of aromatic hydroxyl groups is 1. The number of phenols is 1. The highest BCUT2D eigenvalue weighted by molar-refractivity contribution is 7.92. The Kier molecular flexibility index (Phi) is 7.37. The zero-order chi connectivity index (χ0) is 25.2. The van der Waals surface area contributed by atoms with Crippen molar-refractivity contribution in [3.8, 4) is 21.9 Å². The van der Waals surface area contributed by atoms with E-state index in [0.29, 0.717) is 11.6 Å². The number of benzene rings is 2. The number of hydrogen-bond donors (Lipinski definition) is 3. The Morgan fingerprint density at radius 2 is 1.83 bits per heavy atom. The lowest BCUT2D eigenvalue weighted by Crippen LogP contribution is -2.17. The number of anilines is 2. The summed E-state index contributed by atoms with van der Waals surface area (Å²) in [4.78, 5) is 5.57. The molecule has 1 aliphatic rings. The van der Waals surface area contributed by atoms with Crippen LogP contribution in [0.3, 0.4) is 0 Å². The number of phenolic OH excluding ortho intramolecular Hbond substituents is 1. The van der Waals surface area contributed by atoms with Gasteiger partial charge in [0.15, 0.2) is 5.13 Å². The molecule has 3 N–H and O–H groups in total. The Balaban J connectivity index is 1.59. The van der Waals surface area contributed by atoms with Crippen LogP contribution in [0.5, 0.6) is 11.5 Å². The van der Waals surface area contributed by atoms with E-state index in [-0.39, 0.29) is 16.4 Å². The second-order valence-corrected chi connectivity index (χ2v) is 11.7. The van der Waals surface area contributed by atoms with Crippen LogP contribution in [-0.2, 0) is 10.0 Å². The summed E-state index contributed by atoms with van der Waals surface area (Å²) in [7, 11) is -2.51. The molecule has 0 unspecified atom stereocenters. The molecule has 4 rings (SSSR count). The molecule has 186 valence electrons. The van der Waals surface area contributed by atoms with Crippen LogP contribution in [0.15, 0.2) is 59.6 Å². The van der Waals surface area contributed by atoms with E-state index in [1.807, 2.05) is 13.0 Å². The van der Waals surface area contributed by atoms with Crippen LogP contribution in [0.25, 0.3) is 10.4 Å².